The van der Waals surface area contributed by atoms with Gasteiger partial charge in [0.15, 0.2) is 0 Å². The van der Waals surface area contributed by atoms with Gasteiger partial charge in [-0.15, -0.1) is 0 Å². The predicted octanol–water partition coefficient (Wildman–Crippen LogP) is 1.56. The molecule has 3 fully saturated rings. The standard InChI is InChI=1S/C17H30N2O3/c1-3-21-15-11-14(17(15)6-4-5-7-17)19(2)16(20)10-13-12-18-8-9-22-13/h13-15,18H,3-12H2,1-2H3/t13-,14-,15+/m0/s1. The molecule has 5 nitrogen and oxygen atoms in total. The summed E-state index contributed by atoms with van der Waals surface area (Å²) in [5.41, 5.74) is 0.228. The first-order chi connectivity index (χ1) is 10.7. The van der Waals surface area contributed by atoms with E-state index in [0.717, 1.165) is 26.1 Å². The Bertz CT molecular complexity index is 389. The lowest BCUT2D eigenvalue weighted by molar-refractivity contribution is -0.174. The van der Waals surface area contributed by atoms with Crippen LogP contribution in [0.2, 0.25) is 0 Å². The molecule has 3 rings (SSSR count). The first-order valence-corrected chi connectivity index (χ1v) is 8.87. The van der Waals surface area contributed by atoms with Crippen LogP contribution in [0.25, 0.3) is 0 Å². The van der Waals surface area contributed by atoms with Crippen molar-refractivity contribution in [3.63, 3.8) is 0 Å². The van der Waals surface area contributed by atoms with Gasteiger partial charge in [0.2, 0.25) is 5.91 Å². The minimum Gasteiger partial charge on any atom is -0.378 e. The van der Waals surface area contributed by atoms with Gasteiger partial charge in [-0.3, -0.25) is 4.79 Å². The van der Waals surface area contributed by atoms with E-state index in [1.54, 1.807) is 0 Å². The van der Waals surface area contributed by atoms with Gasteiger partial charge in [-0.2, -0.15) is 0 Å². The largest absolute Gasteiger partial charge is 0.378 e. The van der Waals surface area contributed by atoms with Gasteiger partial charge in [0.05, 0.1) is 25.2 Å². The highest BCUT2D eigenvalue weighted by Gasteiger charge is 2.58. The summed E-state index contributed by atoms with van der Waals surface area (Å²) in [5, 5.41) is 3.29. The molecule has 3 aliphatic rings. The highest BCUT2D eigenvalue weighted by atomic mass is 16.5. The van der Waals surface area contributed by atoms with Crippen LogP contribution in [0, 0.1) is 5.41 Å². The molecule has 0 aromatic heterocycles. The molecule has 0 aromatic carbocycles. The van der Waals surface area contributed by atoms with Crippen LogP contribution in [0.1, 0.15) is 45.4 Å². The van der Waals surface area contributed by atoms with E-state index < -0.39 is 0 Å². The molecule has 1 aliphatic heterocycles. The number of rotatable bonds is 5. The number of carbonyl (C=O) groups excluding carboxylic acids is 1. The summed E-state index contributed by atoms with van der Waals surface area (Å²) in [6, 6.07) is 0.357. The van der Waals surface area contributed by atoms with Gasteiger partial charge in [-0.25, -0.2) is 0 Å². The van der Waals surface area contributed by atoms with Crippen molar-refractivity contribution in [3.05, 3.63) is 0 Å². The Morgan fingerprint density at radius 3 is 2.82 bits per heavy atom. The smallest absolute Gasteiger partial charge is 0.225 e. The fourth-order valence-corrected chi connectivity index (χ4v) is 4.66. The molecule has 2 saturated carbocycles. The Morgan fingerprint density at radius 2 is 2.18 bits per heavy atom. The average Bonchev–Trinajstić information content (AvgIpc) is 3.04. The zero-order valence-corrected chi connectivity index (χ0v) is 14.0. The topological polar surface area (TPSA) is 50.8 Å². The van der Waals surface area contributed by atoms with Crippen LogP contribution in [0.3, 0.4) is 0 Å². The number of nitrogens with one attached hydrogen (secondary N) is 1. The first kappa shape index (κ1) is 16.2. The van der Waals surface area contributed by atoms with E-state index in [0.29, 0.717) is 25.2 Å². The normalized spacial score (nSPS) is 33.6. The molecule has 0 unspecified atom stereocenters. The maximum absolute atomic E-state index is 12.6. The molecule has 0 bridgehead atoms. The molecule has 22 heavy (non-hydrogen) atoms. The van der Waals surface area contributed by atoms with Gasteiger partial charge in [0.1, 0.15) is 0 Å². The van der Waals surface area contributed by atoms with E-state index >= 15 is 0 Å². The second-order valence-electron chi connectivity index (χ2n) is 7.04. The fraction of sp³-hybridized carbons (Fsp3) is 0.941. The van der Waals surface area contributed by atoms with Gasteiger partial charge in [-0.05, 0) is 26.2 Å². The minimum absolute atomic E-state index is 0.0333. The zero-order valence-electron chi connectivity index (χ0n) is 14.0. The van der Waals surface area contributed by atoms with Gasteiger partial charge in [0.25, 0.3) is 0 Å². The monoisotopic (exact) mass is 310 g/mol. The van der Waals surface area contributed by atoms with Crippen molar-refractivity contribution in [3.8, 4) is 0 Å². The Hall–Kier alpha value is -0.650. The van der Waals surface area contributed by atoms with Gasteiger partial charge in [0, 0.05) is 38.2 Å². The molecule has 2 aliphatic carbocycles. The molecule has 1 spiro atoms. The number of amides is 1. The molecule has 1 N–H and O–H groups in total. The Morgan fingerprint density at radius 1 is 1.41 bits per heavy atom. The van der Waals surface area contributed by atoms with Crippen LogP contribution in [-0.4, -0.2) is 62.4 Å². The third-order valence-electron chi connectivity index (χ3n) is 5.91. The van der Waals surface area contributed by atoms with Gasteiger partial charge >= 0.3 is 0 Å². The van der Waals surface area contributed by atoms with Crippen LogP contribution in [-0.2, 0) is 14.3 Å². The van der Waals surface area contributed by atoms with Crippen LogP contribution in [0.5, 0.6) is 0 Å². The molecule has 3 atom stereocenters. The SMILES string of the molecule is CCO[C@@H]1C[C@H](N(C)C(=O)C[C@H]2CNCCO2)C12CCCC2. The number of carbonyl (C=O) groups is 1. The van der Waals surface area contributed by atoms with Crippen molar-refractivity contribution in [1.82, 2.24) is 10.2 Å². The summed E-state index contributed by atoms with van der Waals surface area (Å²) in [7, 11) is 1.98. The quantitative estimate of drug-likeness (QED) is 0.837. The second-order valence-corrected chi connectivity index (χ2v) is 7.04. The summed E-state index contributed by atoms with van der Waals surface area (Å²) < 4.78 is 11.6. The maximum atomic E-state index is 12.6. The van der Waals surface area contributed by atoms with Crippen LogP contribution in [0.4, 0.5) is 0 Å². The molecular formula is C17H30N2O3. The fourth-order valence-electron chi connectivity index (χ4n) is 4.66. The summed E-state index contributed by atoms with van der Waals surface area (Å²) in [6.07, 6.45) is 6.85. The number of ether oxygens (including phenoxy) is 2. The highest BCUT2D eigenvalue weighted by Crippen LogP contribution is 2.56. The van der Waals surface area contributed by atoms with Crippen molar-refractivity contribution in [2.75, 3.05) is 33.4 Å². The average molecular weight is 310 g/mol. The van der Waals surface area contributed by atoms with Crippen LogP contribution < -0.4 is 5.32 Å². The number of nitrogens with zero attached hydrogens (tertiary/aromatic N) is 1. The van der Waals surface area contributed by atoms with Crippen molar-refractivity contribution in [2.45, 2.75) is 63.7 Å². The lowest BCUT2D eigenvalue weighted by atomic mass is 9.60. The number of morpholine rings is 1. The van der Waals surface area contributed by atoms with E-state index in [9.17, 15) is 4.79 Å². The summed E-state index contributed by atoms with van der Waals surface area (Å²) in [4.78, 5) is 14.6. The Labute approximate surface area is 133 Å². The van der Waals surface area contributed by atoms with E-state index in [4.69, 9.17) is 9.47 Å². The van der Waals surface area contributed by atoms with Crippen LogP contribution >= 0.6 is 0 Å². The summed E-state index contributed by atoms with van der Waals surface area (Å²) in [5.74, 6) is 0.222. The molecule has 5 heteroatoms. The number of hydrogen-bond acceptors (Lipinski definition) is 4. The van der Waals surface area contributed by atoms with E-state index in [1.807, 2.05) is 11.9 Å². The molecule has 0 radical (unpaired) electrons. The third kappa shape index (κ3) is 2.91. The highest BCUT2D eigenvalue weighted by molar-refractivity contribution is 5.77. The molecule has 1 saturated heterocycles. The zero-order chi connectivity index (χ0) is 15.6. The third-order valence-corrected chi connectivity index (χ3v) is 5.91. The molecule has 126 valence electrons. The molecule has 1 amide bonds. The predicted molar refractivity (Wildman–Crippen MR) is 84.7 cm³/mol. The Kier molecular flexibility index (Phi) is 5.05. The van der Waals surface area contributed by atoms with E-state index in [1.165, 1.54) is 25.7 Å². The first-order valence-electron chi connectivity index (χ1n) is 8.87. The van der Waals surface area contributed by atoms with Crippen molar-refractivity contribution in [1.29, 1.82) is 0 Å². The van der Waals surface area contributed by atoms with Crippen LogP contribution in [0.15, 0.2) is 0 Å². The Balaban J connectivity index is 1.59. The molecule has 0 aromatic rings. The van der Waals surface area contributed by atoms with E-state index in [2.05, 4.69) is 12.2 Å². The minimum atomic E-state index is 0.0333. The molecule has 1 heterocycles. The molecular weight excluding hydrogens is 280 g/mol. The van der Waals surface area contributed by atoms with Crippen molar-refractivity contribution in [2.24, 2.45) is 5.41 Å². The van der Waals surface area contributed by atoms with Crippen molar-refractivity contribution < 1.29 is 14.3 Å². The van der Waals surface area contributed by atoms with Gasteiger partial charge < -0.3 is 19.7 Å². The van der Waals surface area contributed by atoms with Gasteiger partial charge in [-0.1, -0.05) is 12.8 Å². The number of hydrogen-bond donors (Lipinski definition) is 1. The lowest BCUT2D eigenvalue weighted by Crippen LogP contribution is -2.64. The maximum Gasteiger partial charge on any atom is 0.225 e. The second kappa shape index (κ2) is 6.85. The summed E-state index contributed by atoms with van der Waals surface area (Å²) >= 11 is 0. The van der Waals surface area contributed by atoms with Crippen molar-refractivity contribution >= 4 is 5.91 Å². The lowest BCUT2D eigenvalue weighted by Gasteiger charge is -2.57. The summed E-state index contributed by atoms with van der Waals surface area (Å²) in [6.45, 7) is 5.23. The van der Waals surface area contributed by atoms with E-state index in [-0.39, 0.29) is 17.4 Å².